The van der Waals surface area contributed by atoms with Crippen LogP contribution >= 0.6 is 11.3 Å². The zero-order valence-electron chi connectivity index (χ0n) is 10.9. The highest BCUT2D eigenvalue weighted by Gasteiger charge is 2.12. The maximum Gasteiger partial charge on any atom is 0.212 e. The Hall–Kier alpha value is -1.39. The Balaban J connectivity index is 2.10. The van der Waals surface area contributed by atoms with Gasteiger partial charge in [-0.2, -0.15) is 0 Å². The van der Waals surface area contributed by atoms with Crippen molar-refractivity contribution in [3.63, 3.8) is 0 Å². The molecule has 18 heavy (non-hydrogen) atoms. The molecule has 1 atom stereocenters. The first-order chi connectivity index (χ1) is 8.72. The molecular weight excluding hydrogens is 244 g/mol. The summed E-state index contributed by atoms with van der Waals surface area (Å²) in [6.45, 7) is 2.13. The molecule has 0 aliphatic heterocycles. The molecule has 2 aromatic rings. The number of ether oxygens (including phenoxy) is 1. The fourth-order valence-corrected chi connectivity index (χ4v) is 2.86. The second-order valence-corrected chi connectivity index (χ2v) is 5.52. The summed E-state index contributed by atoms with van der Waals surface area (Å²) < 4.78 is 5.06. The summed E-state index contributed by atoms with van der Waals surface area (Å²) in [6, 6.07) is 8.67. The molecule has 1 N–H and O–H groups in total. The molecule has 2 rings (SSSR count). The van der Waals surface area contributed by atoms with E-state index in [1.807, 2.05) is 30.6 Å². The second kappa shape index (κ2) is 5.98. The number of aryl methyl sites for hydroxylation is 1. The van der Waals surface area contributed by atoms with Gasteiger partial charge in [-0.1, -0.05) is 6.07 Å². The van der Waals surface area contributed by atoms with Gasteiger partial charge in [0.2, 0.25) is 5.88 Å². The van der Waals surface area contributed by atoms with E-state index in [2.05, 4.69) is 35.4 Å². The van der Waals surface area contributed by atoms with Crippen LogP contribution in [0.15, 0.2) is 30.5 Å². The lowest BCUT2D eigenvalue weighted by molar-refractivity contribution is 0.397. The van der Waals surface area contributed by atoms with Crippen LogP contribution in [0.3, 0.4) is 0 Å². The number of nitrogens with zero attached hydrogens (tertiary/aromatic N) is 1. The van der Waals surface area contributed by atoms with Gasteiger partial charge in [-0.3, -0.25) is 0 Å². The van der Waals surface area contributed by atoms with E-state index in [1.54, 1.807) is 7.11 Å². The van der Waals surface area contributed by atoms with Crippen LogP contribution in [0, 0.1) is 6.92 Å². The van der Waals surface area contributed by atoms with Gasteiger partial charge in [-0.15, -0.1) is 11.3 Å². The van der Waals surface area contributed by atoms with Crippen LogP contribution in [0.25, 0.3) is 0 Å². The van der Waals surface area contributed by atoms with Gasteiger partial charge in [0.25, 0.3) is 0 Å². The Bertz CT molecular complexity index is 493. The zero-order valence-corrected chi connectivity index (χ0v) is 11.8. The number of likely N-dealkylation sites (N-methyl/N-ethyl adjacent to an activating group) is 1. The van der Waals surface area contributed by atoms with Gasteiger partial charge in [0.05, 0.1) is 7.11 Å². The molecule has 2 aromatic heterocycles. The van der Waals surface area contributed by atoms with Crippen molar-refractivity contribution in [1.82, 2.24) is 10.3 Å². The van der Waals surface area contributed by atoms with Crippen molar-refractivity contribution >= 4 is 11.3 Å². The quantitative estimate of drug-likeness (QED) is 0.899. The Morgan fingerprint density at radius 3 is 2.67 bits per heavy atom. The molecule has 96 valence electrons. The van der Waals surface area contributed by atoms with Crippen LogP contribution < -0.4 is 10.1 Å². The predicted molar refractivity (Wildman–Crippen MR) is 75.3 cm³/mol. The number of aromatic nitrogens is 1. The lowest BCUT2D eigenvalue weighted by Crippen LogP contribution is -2.17. The topological polar surface area (TPSA) is 34.1 Å². The number of rotatable bonds is 5. The number of hydrogen-bond donors (Lipinski definition) is 1. The van der Waals surface area contributed by atoms with Crippen molar-refractivity contribution in [3.05, 3.63) is 45.8 Å². The summed E-state index contributed by atoms with van der Waals surface area (Å²) >= 11 is 1.84. The Labute approximate surface area is 112 Å². The molecule has 0 aliphatic rings. The third-order valence-corrected chi connectivity index (χ3v) is 4.01. The summed E-state index contributed by atoms with van der Waals surface area (Å²) in [7, 11) is 3.63. The fraction of sp³-hybridized carbons (Fsp3) is 0.357. The minimum absolute atomic E-state index is 0.346. The van der Waals surface area contributed by atoms with Crippen LogP contribution in [-0.4, -0.2) is 19.1 Å². The summed E-state index contributed by atoms with van der Waals surface area (Å²) in [5.41, 5.74) is 1.21. The minimum Gasteiger partial charge on any atom is -0.481 e. The molecule has 3 nitrogen and oxygen atoms in total. The normalized spacial score (nSPS) is 12.4. The van der Waals surface area contributed by atoms with Crippen molar-refractivity contribution < 1.29 is 4.74 Å². The lowest BCUT2D eigenvalue weighted by Gasteiger charge is -2.14. The van der Waals surface area contributed by atoms with Gasteiger partial charge in [-0.05, 0) is 38.1 Å². The van der Waals surface area contributed by atoms with Crippen molar-refractivity contribution in [2.45, 2.75) is 19.4 Å². The highest BCUT2D eigenvalue weighted by atomic mass is 32.1. The third kappa shape index (κ3) is 3.09. The number of methoxy groups -OCH3 is 1. The third-order valence-electron chi connectivity index (χ3n) is 2.90. The molecular formula is C14H18N2OS. The standard InChI is InChI=1S/C14H18N2OS/c1-10-4-6-13(18-10)12(15-2)8-11-5-7-14(17-3)16-9-11/h4-7,9,12,15H,8H2,1-3H3. The lowest BCUT2D eigenvalue weighted by atomic mass is 10.1. The number of hydrogen-bond acceptors (Lipinski definition) is 4. The highest BCUT2D eigenvalue weighted by Crippen LogP contribution is 2.25. The van der Waals surface area contributed by atoms with E-state index >= 15 is 0 Å². The molecule has 0 bridgehead atoms. The molecule has 0 amide bonds. The maximum absolute atomic E-state index is 5.06. The first-order valence-electron chi connectivity index (χ1n) is 5.95. The number of thiophene rings is 1. The Morgan fingerprint density at radius 1 is 1.33 bits per heavy atom. The smallest absolute Gasteiger partial charge is 0.212 e. The first kappa shape index (κ1) is 13.1. The molecule has 1 unspecified atom stereocenters. The number of nitrogens with one attached hydrogen (secondary N) is 1. The zero-order chi connectivity index (χ0) is 13.0. The molecule has 0 aliphatic carbocycles. The van der Waals surface area contributed by atoms with Crippen LogP contribution in [-0.2, 0) is 6.42 Å². The monoisotopic (exact) mass is 262 g/mol. The van der Waals surface area contributed by atoms with Gasteiger partial charge in [-0.25, -0.2) is 4.98 Å². The summed E-state index contributed by atoms with van der Waals surface area (Å²) in [5, 5.41) is 3.36. The SMILES string of the molecule is CNC(Cc1ccc(OC)nc1)c1ccc(C)s1. The van der Waals surface area contributed by atoms with Crippen molar-refractivity contribution in [3.8, 4) is 5.88 Å². The van der Waals surface area contributed by atoms with Gasteiger partial charge in [0.1, 0.15) is 0 Å². The molecule has 0 saturated heterocycles. The fourth-order valence-electron chi connectivity index (χ4n) is 1.87. The van der Waals surface area contributed by atoms with E-state index in [0.717, 1.165) is 6.42 Å². The van der Waals surface area contributed by atoms with Crippen LogP contribution in [0.1, 0.15) is 21.4 Å². The molecule has 0 saturated carbocycles. The Morgan fingerprint density at radius 2 is 2.17 bits per heavy atom. The van der Waals surface area contributed by atoms with Gasteiger partial charge < -0.3 is 10.1 Å². The molecule has 0 radical (unpaired) electrons. The van der Waals surface area contributed by atoms with Crippen LogP contribution in [0.4, 0.5) is 0 Å². The summed E-state index contributed by atoms with van der Waals surface area (Å²) in [4.78, 5) is 6.95. The summed E-state index contributed by atoms with van der Waals surface area (Å²) in [5.74, 6) is 0.659. The van der Waals surface area contributed by atoms with E-state index in [-0.39, 0.29) is 0 Å². The molecule has 4 heteroatoms. The first-order valence-corrected chi connectivity index (χ1v) is 6.77. The van der Waals surface area contributed by atoms with Crippen LogP contribution in [0.5, 0.6) is 5.88 Å². The van der Waals surface area contributed by atoms with E-state index < -0.39 is 0 Å². The van der Waals surface area contributed by atoms with Crippen molar-refractivity contribution in [2.24, 2.45) is 0 Å². The van der Waals surface area contributed by atoms with Crippen molar-refractivity contribution in [1.29, 1.82) is 0 Å². The molecule has 0 aromatic carbocycles. The van der Waals surface area contributed by atoms with Crippen molar-refractivity contribution in [2.75, 3.05) is 14.2 Å². The van der Waals surface area contributed by atoms with Crippen LogP contribution in [0.2, 0.25) is 0 Å². The molecule has 0 spiro atoms. The van der Waals surface area contributed by atoms with E-state index in [0.29, 0.717) is 11.9 Å². The molecule has 0 fully saturated rings. The second-order valence-electron chi connectivity index (χ2n) is 4.20. The maximum atomic E-state index is 5.06. The number of pyridine rings is 1. The average Bonchev–Trinajstić information content (AvgIpc) is 2.83. The largest absolute Gasteiger partial charge is 0.481 e. The predicted octanol–water partition coefficient (Wildman–Crippen LogP) is 2.96. The minimum atomic E-state index is 0.346. The van der Waals surface area contributed by atoms with Gasteiger partial charge in [0.15, 0.2) is 0 Å². The Kier molecular flexibility index (Phi) is 4.33. The molecule has 2 heterocycles. The van der Waals surface area contributed by atoms with E-state index in [4.69, 9.17) is 4.74 Å². The highest BCUT2D eigenvalue weighted by molar-refractivity contribution is 7.12. The average molecular weight is 262 g/mol. The van der Waals surface area contributed by atoms with Gasteiger partial charge >= 0.3 is 0 Å². The summed E-state index contributed by atoms with van der Waals surface area (Å²) in [6.07, 6.45) is 2.82. The van der Waals surface area contributed by atoms with Gasteiger partial charge in [0, 0.05) is 28.1 Å². The van der Waals surface area contributed by atoms with E-state index in [9.17, 15) is 0 Å². The van der Waals surface area contributed by atoms with E-state index in [1.165, 1.54) is 15.3 Å².